The Labute approximate surface area is 90.0 Å². The number of rotatable bonds is 4. The molecule has 0 rings (SSSR count). The van der Waals surface area contributed by atoms with Gasteiger partial charge in [-0.05, 0) is 13.3 Å². The number of nitrogens with one attached hydrogen (secondary N) is 1. The quantitative estimate of drug-likeness (QED) is 0.465. The highest BCUT2D eigenvalue weighted by Gasteiger charge is 1.97. The number of guanidine groups is 1. The SMILES string of the molecule is CCC(C)NC(N)=NCCF.I. The van der Waals surface area contributed by atoms with Crippen LogP contribution in [0, 0.1) is 0 Å². The third-order valence-corrected chi connectivity index (χ3v) is 1.37. The smallest absolute Gasteiger partial charge is 0.188 e. The zero-order valence-electron chi connectivity index (χ0n) is 7.51. The number of halogens is 2. The molecule has 12 heavy (non-hydrogen) atoms. The van der Waals surface area contributed by atoms with Crippen LogP contribution in [0.2, 0.25) is 0 Å². The molecule has 0 aliphatic heterocycles. The number of hydrogen-bond acceptors (Lipinski definition) is 1. The minimum absolute atomic E-state index is 0. The van der Waals surface area contributed by atoms with Crippen molar-refractivity contribution in [2.75, 3.05) is 13.2 Å². The van der Waals surface area contributed by atoms with Gasteiger partial charge < -0.3 is 11.1 Å². The van der Waals surface area contributed by atoms with E-state index in [1.165, 1.54) is 0 Å². The molecular weight excluding hydrogens is 272 g/mol. The van der Waals surface area contributed by atoms with Crippen molar-refractivity contribution in [3.05, 3.63) is 0 Å². The predicted octanol–water partition coefficient (Wildman–Crippen LogP) is 1.28. The van der Waals surface area contributed by atoms with Crippen molar-refractivity contribution >= 4 is 29.9 Å². The molecule has 0 heterocycles. The van der Waals surface area contributed by atoms with Crippen LogP contribution in [0.3, 0.4) is 0 Å². The molecule has 0 aliphatic rings. The van der Waals surface area contributed by atoms with Crippen molar-refractivity contribution < 1.29 is 4.39 Å². The lowest BCUT2D eigenvalue weighted by molar-refractivity contribution is 0.503. The first-order valence-corrected chi connectivity index (χ1v) is 3.83. The van der Waals surface area contributed by atoms with E-state index in [0.29, 0.717) is 12.0 Å². The summed E-state index contributed by atoms with van der Waals surface area (Å²) in [6.07, 6.45) is 0.978. The highest BCUT2D eigenvalue weighted by atomic mass is 127. The van der Waals surface area contributed by atoms with E-state index in [1.54, 1.807) is 0 Å². The van der Waals surface area contributed by atoms with Crippen molar-refractivity contribution in [3.63, 3.8) is 0 Å². The van der Waals surface area contributed by atoms with Gasteiger partial charge in [-0.25, -0.2) is 4.39 Å². The average Bonchev–Trinajstić information content (AvgIpc) is 2.00. The van der Waals surface area contributed by atoms with E-state index in [-0.39, 0.29) is 30.5 Å². The average molecular weight is 289 g/mol. The van der Waals surface area contributed by atoms with Crippen LogP contribution in [0.5, 0.6) is 0 Å². The maximum atomic E-state index is 11.6. The maximum absolute atomic E-state index is 11.6. The molecule has 3 nitrogen and oxygen atoms in total. The van der Waals surface area contributed by atoms with E-state index in [0.717, 1.165) is 6.42 Å². The van der Waals surface area contributed by atoms with Crippen LogP contribution in [0.25, 0.3) is 0 Å². The van der Waals surface area contributed by atoms with E-state index in [9.17, 15) is 4.39 Å². The van der Waals surface area contributed by atoms with Gasteiger partial charge in [0.2, 0.25) is 0 Å². The fourth-order valence-electron chi connectivity index (χ4n) is 0.563. The molecule has 0 saturated carbocycles. The first kappa shape index (κ1) is 14.5. The van der Waals surface area contributed by atoms with Gasteiger partial charge in [-0.2, -0.15) is 0 Å². The number of nitrogens with zero attached hydrogens (tertiary/aromatic N) is 1. The Bertz CT molecular complexity index is 130. The van der Waals surface area contributed by atoms with Crippen molar-refractivity contribution in [1.82, 2.24) is 5.32 Å². The Hall–Kier alpha value is -0.0700. The molecule has 1 atom stereocenters. The Morgan fingerprint density at radius 1 is 1.67 bits per heavy atom. The van der Waals surface area contributed by atoms with Crippen molar-refractivity contribution in [2.45, 2.75) is 26.3 Å². The monoisotopic (exact) mass is 289 g/mol. The van der Waals surface area contributed by atoms with Crippen molar-refractivity contribution in [1.29, 1.82) is 0 Å². The number of hydrogen-bond donors (Lipinski definition) is 2. The van der Waals surface area contributed by atoms with Gasteiger partial charge in [0.15, 0.2) is 5.96 Å². The summed E-state index contributed by atoms with van der Waals surface area (Å²) >= 11 is 0. The van der Waals surface area contributed by atoms with Crippen LogP contribution >= 0.6 is 24.0 Å². The van der Waals surface area contributed by atoms with Crippen LogP contribution in [0.4, 0.5) is 4.39 Å². The summed E-state index contributed by atoms with van der Waals surface area (Å²) in [7, 11) is 0. The van der Waals surface area contributed by atoms with Crippen LogP contribution < -0.4 is 11.1 Å². The fraction of sp³-hybridized carbons (Fsp3) is 0.857. The molecule has 74 valence electrons. The van der Waals surface area contributed by atoms with Gasteiger partial charge in [-0.3, -0.25) is 4.99 Å². The summed E-state index contributed by atoms with van der Waals surface area (Å²) in [4.78, 5) is 3.74. The zero-order chi connectivity index (χ0) is 8.69. The molecule has 0 aromatic carbocycles. The molecule has 1 unspecified atom stereocenters. The van der Waals surface area contributed by atoms with Crippen LogP contribution in [0.1, 0.15) is 20.3 Å². The van der Waals surface area contributed by atoms with Crippen LogP contribution in [-0.4, -0.2) is 25.2 Å². The first-order chi connectivity index (χ1) is 5.20. The van der Waals surface area contributed by atoms with Gasteiger partial charge in [0.25, 0.3) is 0 Å². The predicted molar refractivity (Wildman–Crippen MR) is 60.8 cm³/mol. The third-order valence-electron chi connectivity index (χ3n) is 1.37. The number of alkyl halides is 1. The van der Waals surface area contributed by atoms with Crippen LogP contribution in [0.15, 0.2) is 4.99 Å². The Morgan fingerprint density at radius 2 is 2.25 bits per heavy atom. The molecule has 0 amide bonds. The van der Waals surface area contributed by atoms with E-state index >= 15 is 0 Å². The van der Waals surface area contributed by atoms with E-state index in [1.807, 2.05) is 13.8 Å². The van der Waals surface area contributed by atoms with E-state index in [4.69, 9.17) is 5.73 Å². The lowest BCUT2D eigenvalue weighted by Gasteiger charge is -2.10. The fourth-order valence-corrected chi connectivity index (χ4v) is 0.563. The molecule has 5 heteroatoms. The summed E-state index contributed by atoms with van der Waals surface area (Å²) in [6.45, 7) is 3.73. The first-order valence-electron chi connectivity index (χ1n) is 3.83. The summed E-state index contributed by atoms with van der Waals surface area (Å²) < 4.78 is 11.6. The molecule has 0 saturated heterocycles. The molecular formula is C7H17FIN3. The summed E-state index contributed by atoms with van der Waals surface area (Å²) in [5, 5.41) is 2.93. The lowest BCUT2D eigenvalue weighted by atomic mass is 10.3. The molecule has 0 aromatic heterocycles. The molecule has 0 fully saturated rings. The maximum Gasteiger partial charge on any atom is 0.188 e. The second-order valence-electron chi connectivity index (χ2n) is 2.41. The minimum Gasteiger partial charge on any atom is -0.370 e. The normalized spacial score (nSPS) is 13.4. The van der Waals surface area contributed by atoms with Gasteiger partial charge in [-0.1, -0.05) is 6.92 Å². The minimum atomic E-state index is -0.455. The van der Waals surface area contributed by atoms with E-state index < -0.39 is 6.67 Å². The Balaban J connectivity index is 0. The van der Waals surface area contributed by atoms with Gasteiger partial charge in [0, 0.05) is 6.04 Å². The van der Waals surface area contributed by atoms with Crippen molar-refractivity contribution in [2.24, 2.45) is 10.7 Å². The third kappa shape index (κ3) is 8.03. The second-order valence-corrected chi connectivity index (χ2v) is 2.41. The largest absolute Gasteiger partial charge is 0.370 e. The highest BCUT2D eigenvalue weighted by molar-refractivity contribution is 14.0. The number of nitrogens with two attached hydrogens (primary N) is 1. The molecule has 3 N–H and O–H groups in total. The Morgan fingerprint density at radius 3 is 2.67 bits per heavy atom. The van der Waals surface area contributed by atoms with E-state index in [2.05, 4.69) is 10.3 Å². The number of aliphatic imine (C=N–C) groups is 1. The summed E-state index contributed by atoms with van der Waals surface area (Å²) in [5.74, 6) is 0.331. The zero-order valence-corrected chi connectivity index (χ0v) is 9.84. The van der Waals surface area contributed by atoms with Gasteiger partial charge in [-0.15, -0.1) is 24.0 Å². The van der Waals surface area contributed by atoms with Gasteiger partial charge in [0.1, 0.15) is 6.67 Å². The van der Waals surface area contributed by atoms with Crippen LogP contribution in [-0.2, 0) is 0 Å². The molecule has 0 bridgehead atoms. The van der Waals surface area contributed by atoms with Gasteiger partial charge in [0.05, 0.1) is 6.54 Å². The summed E-state index contributed by atoms with van der Waals surface area (Å²) in [6, 6.07) is 0.304. The van der Waals surface area contributed by atoms with Gasteiger partial charge >= 0.3 is 0 Å². The standard InChI is InChI=1S/C7H16FN3.HI/c1-3-6(2)11-7(9)10-5-4-8;/h6H,3-5H2,1-2H3,(H3,9,10,11);1H. The lowest BCUT2D eigenvalue weighted by Crippen LogP contribution is -2.38. The molecule has 0 spiro atoms. The molecule has 0 radical (unpaired) electrons. The topological polar surface area (TPSA) is 50.4 Å². The van der Waals surface area contributed by atoms with Crippen molar-refractivity contribution in [3.8, 4) is 0 Å². The Kier molecular flexibility index (Phi) is 10.9. The molecule has 0 aliphatic carbocycles. The second kappa shape index (κ2) is 9.02. The summed E-state index contributed by atoms with van der Waals surface area (Å²) in [5.41, 5.74) is 5.41. The molecule has 0 aromatic rings. The highest BCUT2D eigenvalue weighted by Crippen LogP contribution is 1.85.